The molecule has 1 N–H and O–H groups in total. The molecule has 0 aliphatic rings. The Morgan fingerprint density at radius 3 is 2.57 bits per heavy atom. The maximum atomic E-state index is 4.36. The van der Waals surface area contributed by atoms with Crippen LogP contribution in [-0.4, -0.2) is 9.97 Å². The van der Waals surface area contributed by atoms with E-state index in [1.807, 2.05) is 32.3 Å². The van der Waals surface area contributed by atoms with Crippen LogP contribution in [-0.2, 0) is 0 Å². The van der Waals surface area contributed by atoms with Crippen LogP contribution in [0.15, 0.2) is 24.5 Å². The number of rotatable bonds is 1. The molecule has 2 nitrogen and oxygen atoms in total. The van der Waals surface area contributed by atoms with E-state index in [1.165, 1.54) is 16.6 Å². The van der Waals surface area contributed by atoms with Crippen LogP contribution in [0.25, 0.3) is 10.9 Å². The summed E-state index contributed by atoms with van der Waals surface area (Å²) in [6.07, 6.45) is 3.81. The summed E-state index contributed by atoms with van der Waals surface area (Å²) in [6.45, 7) is 8.32. The molecule has 0 saturated heterocycles. The smallest absolute Gasteiger partial charge is 0.0522 e. The highest BCUT2D eigenvalue weighted by Crippen LogP contribution is 2.21. The lowest BCUT2D eigenvalue weighted by Gasteiger charge is -2.04. The third-order valence-electron chi connectivity index (χ3n) is 2.06. The van der Waals surface area contributed by atoms with Crippen LogP contribution in [0.4, 0.5) is 0 Å². The van der Waals surface area contributed by atoms with E-state index in [0.29, 0.717) is 5.92 Å². The Morgan fingerprint density at radius 2 is 1.93 bits per heavy atom. The Kier molecular flexibility index (Phi) is 3.69. The molecule has 2 rings (SSSR count). The summed E-state index contributed by atoms with van der Waals surface area (Å²) in [5, 5.41) is 1.24. The number of pyridine rings is 1. The average molecular weight is 190 g/mol. The van der Waals surface area contributed by atoms with Crippen molar-refractivity contribution in [2.45, 2.75) is 33.6 Å². The Labute approximate surface area is 85.4 Å². The topological polar surface area (TPSA) is 28.7 Å². The number of aromatic nitrogens is 2. The predicted molar refractivity (Wildman–Crippen MR) is 61.5 cm³/mol. The fraction of sp³-hybridized carbons (Fsp3) is 0.417. The first-order valence-electron chi connectivity index (χ1n) is 5.21. The highest BCUT2D eigenvalue weighted by atomic mass is 14.7. The second kappa shape index (κ2) is 4.80. The number of nitrogens with one attached hydrogen (secondary N) is 1. The lowest BCUT2D eigenvalue weighted by Crippen LogP contribution is -1.91. The first-order valence-corrected chi connectivity index (χ1v) is 5.21. The average Bonchev–Trinajstić information content (AvgIpc) is 2.67. The second-order valence-electron chi connectivity index (χ2n) is 3.29. The van der Waals surface area contributed by atoms with E-state index in [2.05, 4.69) is 29.9 Å². The molecule has 0 saturated carbocycles. The number of hydrogen-bond acceptors (Lipinski definition) is 1. The summed E-state index contributed by atoms with van der Waals surface area (Å²) < 4.78 is 0. The number of aromatic amines is 1. The molecule has 0 fully saturated rings. The van der Waals surface area contributed by atoms with Crippen molar-refractivity contribution in [3.8, 4) is 0 Å². The largest absolute Gasteiger partial charge is 0.361 e. The standard InChI is InChI=1S/C10H12N2.C2H6/c1-7(2)10-8-3-5-11-9(8)4-6-12-10;1-2/h3-7,11H,1-2H3;1-2H3. The van der Waals surface area contributed by atoms with Crippen LogP contribution < -0.4 is 0 Å². The molecule has 0 amide bonds. The molecule has 14 heavy (non-hydrogen) atoms. The van der Waals surface area contributed by atoms with Gasteiger partial charge in [-0.05, 0) is 18.1 Å². The van der Waals surface area contributed by atoms with Crippen molar-refractivity contribution in [3.05, 3.63) is 30.2 Å². The van der Waals surface area contributed by atoms with E-state index in [1.54, 1.807) is 0 Å². The van der Waals surface area contributed by atoms with Gasteiger partial charge in [0, 0.05) is 23.3 Å². The van der Waals surface area contributed by atoms with Crippen LogP contribution in [0.3, 0.4) is 0 Å². The maximum Gasteiger partial charge on any atom is 0.0522 e. The van der Waals surface area contributed by atoms with Crippen molar-refractivity contribution in [1.82, 2.24) is 9.97 Å². The molecule has 0 unspecified atom stereocenters. The molecule has 0 atom stereocenters. The molecule has 76 valence electrons. The fourth-order valence-corrected chi connectivity index (χ4v) is 1.47. The first-order chi connectivity index (χ1) is 6.79. The normalized spacial score (nSPS) is 10.1. The third kappa shape index (κ3) is 1.95. The van der Waals surface area contributed by atoms with E-state index >= 15 is 0 Å². The zero-order valence-corrected chi connectivity index (χ0v) is 9.33. The van der Waals surface area contributed by atoms with Gasteiger partial charge in [-0.25, -0.2) is 0 Å². The van der Waals surface area contributed by atoms with Gasteiger partial charge in [0.1, 0.15) is 0 Å². The summed E-state index contributed by atoms with van der Waals surface area (Å²) in [5.41, 5.74) is 2.35. The van der Waals surface area contributed by atoms with Gasteiger partial charge in [-0.15, -0.1) is 0 Å². The molecule has 0 spiro atoms. The van der Waals surface area contributed by atoms with Crippen molar-refractivity contribution in [3.63, 3.8) is 0 Å². The molecule has 0 aromatic carbocycles. The zero-order chi connectivity index (χ0) is 10.6. The quantitative estimate of drug-likeness (QED) is 0.729. The lowest BCUT2D eigenvalue weighted by atomic mass is 10.1. The fourth-order valence-electron chi connectivity index (χ4n) is 1.47. The summed E-state index contributed by atoms with van der Waals surface area (Å²) in [6, 6.07) is 4.08. The lowest BCUT2D eigenvalue weighted by molar-refractivity contribution is 0.835. The molecule has 0 aliphatic heterocycles. The Morgan fingerprint density at radius 1 is 1.21 bits per heavy atom. The van der Waals surface area contributed by atoms with Gasteiger partial charge in [0.2, 0.25) is 0 Å². The minimum atomic E-state index is 0.490. The molecule has 2 heteroatoms. The summed E-state index contributed by atoms with van der Waals surface area (Å²) >= 11 is 0. The predicted octanol–water partition coefficient (Wildman–Crippen LogP) is 3.71. The van der Waals surface area contributed by atoms with Gasteiger partial charge in [0.15, 0.2) is 0 Å². The molecule has 2 heterocycles. The molecule has 0 radical (unpaired) electrons. The SMILES string of the molecule is CC.CC(C)c1nccc2[nH]ccc12. The van der Waals surface area contributed by atoms with E-state index in [-0.39, 0.29) is 0 Å². The highest BCUT2D eigenvalue weighted by Gasteiger charge is 2.05. The van der Waals surface area contributed by atoms with E-state index in [9.17, 15) is 0 Å². The summed E-state index contributed by atoms with van der Waals surface area (Å²) in [4.78, 5) is 7.53. The Hall–Kier alpha value is -1.31. The summed E-state index contributed by atoms with van der Waals surface area (Å²) in [7, 11) is 0. The van der Waals surface area contributed by atoms with E-state index in [4.69, 9.17) is 0 Å². The van der Waals surface area contributed by atoms with Gasteiger partial charge in [-0.2, -0.15) is 0 Å². The van der Waals surface area contributed by atoms with Crippen molar-refractivity contribution in [2.75, 3.05) is 0 Å². The van der Waals surface area contributed by atoms with Crippen LogP contribution in [0.5, 0.6) is 0 Å². The number of fused-ring (bicyclic) bond motifs is 1. The van der Waals surface area contributed by atoms with Crippen LogP contribution in [0, 0.1) is 0 Å². The minimum absolute atomic E-state index is 0.490. The van der Waals surface area contributed by atoms with Crippen molar-refractivity contribution < 1.29 is 0 Å². The van der Waals surface area contributed by atoms with Crippen LogP contribution >= 0.6 is 0 Å². The Balaban J connectivity index is 0.000000461. The number of hydrogen-bond donors (Lipinski definition) is 1. The van der Waals surface area contributed by atoms with E-state index in [0.717, 1.165) is 0 Å². The molecule has 2 aromatic heterocycles. The molecular formula is C12H18N2. The van der Waals surface area contributed by atoms with Crippen molar-refractivity contribution >= 4 is 10.9 Å². The zero-order valence-electron chi connectivity index (χ0n) is 9.33. The number of nitrogens with zero attached hydrogens (tertiary/aromatic N) is 1. The highest BCUT2D eigenvalue weighted by molar-refractivity contribution is 5.81. The minimum Gasteiger partial charge on any atom is -0.361 e. The maximum absolute atomic E-state index is 4.36. The van der Waals surface area contributed by atoms with Crippen LogP contribution in [0.2, 0.25) is 0 Å². The second-order valence-corrected chi connectivity index (χ2v) is 3.29. The van der Waals surface area contributed by atoms with Gasteiger partial charge in [0.05, 0.1) is 5.69 Å². The van der Waals surface area contributed by atoms with Crippen molar-refractivity contribution in [1.29, 1.82) is 0 Å². The van der Waals surface area contributed by atoms with Crippen LogP contribution in [0.1, 0.15) is 39.3 Å². The first kappa shape index (κ1) is 10.8. The summed E-state index contributed by atoms with van der Waals surface area (Å²) in [5.74, 6) is 0.490. The van der Waals surface area contributed by atoms with Gasteiger partial charge >= 0.3 is 0 Å². The number of H-pyrrole nitrogens is 1. The van der Waals surface area contributed by atoms with Gasteiger partial charge in [-0.1, -0.05) is 27.7 Å². The molecular weight excluding hydrogens is 172 g/mol. The monoisotopic (exact) mass is 190 g/mol. The van der Waals surface area contributed by atoms with E-state index < -0.39 is 0 Å². The van der Waals surface area contributed by atoms with Gasteiger partial charge in [0.25, 0.3) is 0 Å². The molecule has 0 bridgehead atoms. The molecule has 0 aliphatic carbocycles. The third-order valence-corrected chi connectivity index (χ3v) is 2.06. The Bertz CT molecular complexity index is 388. The van der Waals surface area contributed by atoms with Crippen molar-refractivity contribution in [2.24, 2.45) is 0 Å². The van der Waals surface area contributed by atoms with Gasteiger partial charge in [-0.3, -0.25) is 4.98 Å². The van der Waals surface area contributed by atoms with Gasteiger partial charge < -0.3 is 4.98 Å². The molecule has 2 aromatic rings.